The van der Waals surface area contributed by atoms with Crippen LogP contribution in [0.1, 0.15) is 33.6 Å². The molecule has 3 rings (SSSR count). The number of benzene rings is 1. The van der Waals surface area contributed by atoms with Gasteiger partial charge >= 0.3 is 5.97 Å². The number of carboxylic acids is 1. The molecule has 1 amide bonds. The molecular formula is C22H34N4O3. The molecule has 160 valence electrons. The Kier molecular flexibility index (Phi) is 6.80. The maximum atomic E-state index is 12.9. The van der Waals surface area contributed by atoms with E-state index in [0.717, 1.165) is 31.9 Å². The molecule has 0 spiro atoms. The quantitative estimate of drug-likeness (QED) is 0.701. The van der Waals surface area contributed by atoms with Crippen molar-refractivity contribution in [3.05, 3.63) is 24.3 Å². The molecule has 2 fully saturated rings. The number of hydrogen-bond acceptors (Lipinski definition) is 5. The number of rotatable bonds is 5. The minimum atomic E-state index is -0.813. The Hall–Kier alpha value is -2.12. The Balaban J connectivity index is 1.60. The summed E-state index contributed by atoms with van der Waals surface area (Å²) in [5.74, 6) is -0.881. The number of carboxylic acid groups (broad SMARTS) is 1. The summed E-state index contributed by atoms with van der Waals surface area (Å²) in [7, 11) is 0. The van der Waals surface area contributed by atoms with Crippen molar-refractivity contribution < 1.29 is 14.7 Å². The Morgan fingerprint density at radius 3 is 2.38 bits per heavy atom. The fraction of sp³-hybridized carbons (Fsp3) is 0.636. The van der Waals surface area contributed by atoms with E-state index in [1.54, 1.807) is 0 Å². The summed E-state index contributed by atoms with van der Waals surface area (Å²) in [5.41, 5.74) is 1.91. The van der Waals surface area contributed by atoms with Crippen LogP contribution in [0.25, 0.3) is 0 Å². The summed E-state index contributed by atoms with van der Waals surface area (Å²) in [4.78, 5) is 28.5. The van der Waals surface area contributed by atoms with Crippen LogP contribution in [0.4, 0.5) is 11.4 Å². The van der Waals surface area contributed by atoms with Crippen LogP contribution in [0.2, 0.25) is 0 Å². The van der Waals surface area contributed by atoms with Crippen molar-refractivity contribution in [2.75, 3.05) is 49.5 Å². The van der Waals surface area contributed by atoms with E-state index in [4.69, 9.17) is 0 Å². The van der Waals surface area contributed by atoms with Crippen LogP contribution in [0, 0.1) is 11.3 Å². The Morgan fingerprint density at radius 2 is 1.79 bits per heavy atom. The van der Waals surface area contributed by atoms with Crippen LogP contribution < -0.4 is 15.5 Å². The highest BCUT2D eigenvalue weighted by molar-refractivity contribution is 5.92. The van der Waals surface area contributed by atoms with Crippen LogP contribution in [-0.4, -0.2) is 67.2 Å². The van der Waals surface area contributed by atoms with Crippen molar-refractivity contribution in [2.24, 2.45) is 11.3 Å². The Morgan fingerprint density at radius 1 is 1.14 bits per heavy atom. The van der Waals surface area contributed by atoms with Crippen molar-refractivity contribution in [2.45, 2.75) is 39.7 Å². The number of aliphatic carboxylic acids is 1. The molecule has 0 saturated carbocycles. The highest BCUT2D eigenvalue weighted by Crippen LogP contribution is 2.35. The van der Waals surface area contributed by atoms with Crippen LogP contribution in [0.15, 0.2) is 24.3 Å². The van der Waals surface area contributed by atoms with E-state index in [2.05, 4.69) is 48.4 Å². The molecule has 0 aliphatic carbocycles. The molecule has 7 heteroatoms. The van der Waals surface area contributed by atoms with Gasteiger partial charge in [-0.15, -0.1) is 0 Å². The molecule has 2 saturated heterocycles. The van der Waals surface area contributed by atoms with Gasteiger partial charge in [0.25, 0.3) is 0 Å². The summed E-state index contributed by atoms with van der Waals surface area (Å²) in [6.07, 6.45) is 1.37. The van der Waals surface area contributed by atoms with Gasteiger partial charge in [-0.25, -0.2) is 0 Å². The van der Waals surface area contributed by atoms with E-state index in [9.17, 15) is 14.7 Å². The fourth-order valence-corrected chi connectivity index (χ4v) is 4.44. The average molecular weight is 403 g/mol. The smallest absolute Gasteiger partial charge is 0.317 e. The molecule has 0 radical (unpaired) electrons. The van der Waals surface area contributed by atoms with Gasteiger partial charge in [-0.2, -0.15) is 0 Å². The van der Waals surface area contributed by atoms with Gasteiger partial charge in [-0.1, -0.05) is 20.8 Å². The average Bonchev–Trinajstić information content (AvgIpc) is 2.68. The number of hydrogen-bond donors (Lipinski definition) is 3. The van der Waals surface area contributed by atoms with Crippen molar-refractivity contribution >= 4 is 23.3 Å². The lowest BCUT2D eigenvalue weighted by Gasteiger charge is -2.45. The largest absolute Gasteiger partial charge is 0.480 e. The van der Waals surface area contributed by atoms with E-state index in [1.807, 2.05) is 17.0 Å². The maximum Gasteiger partial charge on any atom is 0.317 e. The zero-order valence-corrected chi connectivity index (χ0v) is 17.8. The van der Waals surface area contributed by atoms with Gasteiger partial charge in [0.2, 0.25) is 5.91 Å². The van der Waals surface area contributed by atoms with E-state index >= 15 is 0 Å². The first-order valence-electron chi connectivity index (χ1n) is 10.6. The predicted octanol–water partition coefficient (Wildman–Crippen LogP) is 2.25. The highest BCUT2D eigenvalue weighted by atomic mass is 16.4. The minimum Gasteiger partial charge on any atom is -0.480 e. The van der Waals surface area contributed by atoms with Crippen molar-refractivity contribution in [1.29, 1.82) is 0 Å². The molecule has 2 aliphatic rings. The molecule has 7 nitrogen and oxygen atoms in total. The molecule has 3 N–H and O–H groups in total. The zero-order chi connectivity index (χ0) is 21.0. The summed E-state index contributed by atoms with van der Waals surface area (Å²) in [6.45, 7) is 11.0. The number of likely N-dealkylation sites (tertiary alicyclic amines) is 1. The predicted molar refractivity (Wildman–Crippen MR) is 115 cm³/mol. The van der Waals surface area contributed by atoms with Gasteiger partial charge in [0.05, 0.1) is 6.54 Å². The molecule has 2 unspecified atom stereocenters. The molecule has 1 aromatic rings. The minimum absolute atomic E-state index is 0.0315. The first-order valence-corrected chi connectivity index (χ1v) is 10.6. The van der Waals surface area contributed by atoms with Crippen LogP contribution >= 0.6 is 0 Å². The summed E-state index contributed by atoms with van der Waals surface area (Å²) in [5, 5.41) is 15.6. The Labute approximate surface area is 173 Å². The zero-order valence-electron chi connectivity index (χ0n) is 17.8. The van der Waals surface area contributed by atoms with Crippen molar-refractivity contribution in [3.63, 3.8) is 0 Å². The maximum absolute atomic E-state index is 12.9. The van der Waals surface area contributed by atoms with E-state index in [-0.39, 0.29) is 29.8 Å². The molecule has 2 heterocycles. The summed E-state index contributed by atoms with van der Waals surface area (Å²) in [6, 6.07) is 8.13. The third kappa shape index (κ3) is 5.70. The van der Waals surface area contributed by atoms with Crippen molar-refractivity contribution in [3.8, 4) is 0 Å². The van der Waals surface area contributed by atoms with Gasteiger partial charge in [-0.3, -0.25) is 14.5 Å². The highest BCUT2D eigenvalue weighted by Gasteiger charge is 2.39. The first-order chi connectivity index (χ1) is 13.7. The summed E-state index contributed by atoms with van der Waals surface area (Å²) < 4.78 is 0. The second kappa shape index (κ2) is 9.13. The monoisotopic (exact) mass is 402 g/mol. The first kappa shape index (κ1) is 21.6. The fourth-order valence-electron chi connectivity index (χ4n) is 4.44. The van der Waals surface area contributed by atoms with Gasteiger partial charge in [0, 0.05) is 49.5 Å². The molecule has 2 atom stereocenters. The number of amides is 1. The number of carbonyl (C=O) groups excluding carboxylic acids is 1. The third-order valence-electron chi connectivity index (χ3n) is 6.04. The number of piperazine rings is 1. The van der Waals surface area contributed by atoms with E-state index in [0.29, 0.717) is 19.4 Å². The lowest BCUT2D eigenvalue weighted by molar-refractivity contribution is -0.140. The number of nitrogens with one attached hydrogen (secondary N) is 2. The molecule has 0 bridgehead atoms. The molecule has 1 aromatic carbocycles. The van der Waals surface area contributed by atoms with Crippen LogP contribution in [-0.2, 0) is 9.59 Å². The number of carbonyl (C=O) groups is 2. The second-order valence-electron chi connectivity index (χ2n) is 9.24. The van der Waals surface area contributed by atoms with Crippen LogP contribution in [0.3, 0.4) is 0 Å². The SMILES string of the molecule is CC(C)(C)C1CC(C(=O)Nc2ccc(N3CCNCC3)cc2)CCN1CC(=O)O. The lowest BCUT2D eigenvalue weighted by Crippen LogP contribution is -2.52. The molecular weight excluding hydrogens is 368 g/mol. The number of piperidine rings is 1. The van der Waals surface area contributed by atoms with Crippen LogP contribution in [0.5, 0.6) is 0 Å². The van der Waals surface area contributed by atoms with Gasteiger partial charge in [-0.05, 0) is 49.1 Å². The van der Waals surface area contributed by atoms with Gasteiger partial charge in [0.1, 0.15) is 0 Å². The Bertz CT molecular complexity index is 708. The van der Waals surface area contributed by atoms with E-state index < -0.39 is 5.97 Å². The lowest BCUT2D eigenvalue weighted by atomic mass is 9.76. The molecule has 0 aromatic heterocycles. The van der Waals surface area contributed by atoms with Gasteiger partial charge in [0.15, 0.2) is 0 Å². The normalized spacial score (nSPS) is 23.6. The standard InChI is InChI=1S/C22H34N4O3/c1-22(2,3)19-14-16(8-11-26(19)15-20(27)28)21(29)24-17-4-6-18(7-5-17)25-12-9-23-10-13-25/h4-7,16,19,23H,8-15H2,1-3H3,(H,24,29)(H,27,28). The molecule has 2 aliphatic heterocycles. The van der Waals surface area contributed by atoms with Crippen molar-refractivity contribution in [1.82, 2.24) is 10.2 Å². The second-order valence-corrected chi connectivity index (χ2v) is 9.24. The summed E-state index contributed by atoms with van der Waals surface area (Å²) >= 11 is 0. The van der Waals surface area contributed by atoms with Gasteiger partial charge < -0.3 is 20.6 Å². The topological polar surface area (TPSA) is 84.9 Å². The third-order valence-corrected chi connectivity index (χ3v) is 6.04. The molecule has 29 heavy (non-hydrogen) atoms. The van der Waals surface area contributed by atoms with E-state index in [1.165, 1.54) is 5.69 Å². The number of nitrogens with zero attached hydrogens (tertiary/aromatic N) is 2. The number of anilines is 2.